The van der Waals surface area contributed by atoms with Crippen LogP contribution in [0.4, 0.5) is 0 Å². The van der Waals surface area contributed by atoms with Crippen molar-refractivity contribution >= 4 is 22.8 Å². The largest absolute Gasteiger partial charge is 0.468 e. The van der Waals surface area contributed by atoms with Crippen LogP contribution in [-0.2, 0) is 25.7 Å². The van der Waals surface area contributed by atoms with Gasteiger partial charge < -0.3 is 19.4 Å². The van der Waals surface area contributed by atoms with Crippen molar-refractivity contribution in [1.82, 2.24) is 9.88 Å². The van der Waals surface area contributed by atoms with Gasteiger partial charge in [-0.3, -0.25) is 9.59 Å². The van der Waals surface area contributed by atoms with E-state index in [0.717, 1.165) is 27.7 Å². The number of nitrogens with zero attached hydrogens (tertiary/aromatic N) is 1. The first-order valence-corrected chi connectivity index (χ1v) is 9.58. The van der Waals surface area contributed by atoms with E-state index < -0.39 is 5.92 Å². The van der Waals surface area contributed by atoms with Crippen LogP contribution in [0, 0.1) is 5.92 Å². The van der Waals surface area contributed by atoms with Crippen molar-refractivity contribution < 1.29 is 19.1 Å². The summed E-state index contributed by atoms with van der Waals surface area (Å²) in [5.74, 6) is -0.720. The van der Waals surface area contributed by atoms with Gasteiger partial charge in [0.05, 0.1) is 13.7 Å². The number of H-pyrrole nitrogens is 1. The molecule has 1 N–H and O–H groups in total. The summed E-state index contributed by atoms with van der Waals surface area (Å²) < 4.78 is 10.7. The summed E-state index contributed by atoms with van der Waals surface area (Å²) in [6.45, 7) is 5.13. The van der Waals surface area contributed by atoms with E-state index >= 15 is 0 Å². The number of allylic oxidation sites excluding steroid dienone is 1. The van der Waals surface area contributed by atoms with Crippen LogP contribution in [0.3, 0.4) is 0 Å². The Hall–Kier alpha value is -2.60. The van der Waals surface area contributed by atoms with E-state index in [1.807, 2.05) is 42.2 Å². The molecule has 2 unspecified atom stereocenters. The van der Waals surface area contributed by atoms with Gasteiger partial charge in [-0.05, 0) is 19.4 Å². The molecular weight excluding hydrogens is 356 g/mol. The van der Waals surface area contributed by atoms with Gasteiger partial charge in [-0.2, -0.15) is 0 Å². The molecule has 1 fully saturated rings. The van der Waals surface area contributed by atoms with Crippen LogP contribution in [0.1, 0.15) is 37.4 Å². The van der Waals surface area contributed by atoms with Crippen LogP contribution in [0.15, 0.2) is 35.9 Å². The maximum absolute atomic E-state index is 12.9. The zero-order valence-corrected chi connectivity index (χ0v) is 17.0. The number of aromatic amines is 1. The van der Waals surface area contributed by atoms with Crippen molar-refractivity contribution in [1.29, 1.82) is 0 Å². The highest BCUT2D eigenvalue weighted by molar-refractivity contribution is 5.88. The number of para-hydroxylation sites is 1. The van der Waals surface area contributed by atoms with Gasteiger partial charge >= 0.3 is 5.97 Å². The molecule has 2 aromatic rings. The number of carbonyl (C=O) groups is 2. The highest BCUT2D eigenvalue weighted by atomic mass is 16.5. The molecule has 2 atom stereocenters. The molecule has 6 heteroatoms. The molecule has 0 spiro atoms. The van der Waals surface area contributed by atoms with Gasteiger partial charge in [-0.1, -0.05) is 29.8 Å². The van der Waals surface area contributed by atoms with Crippen LogP contribution in [0.2, 0.25) is 0 Å². The topological polar surface area (TPSA) is 71.6 Å². The number of esters is 1. The van der Waals surface area contributed by atoms with Crippen LogP contribution in [0.5, 0.6) is 0 Å². The van der Waals surface area contributed by atoms with E-state index in [-0.39, 0.29) is 17.8 Å². The fourth-order valence-electron chi connectivity index (χ4n) is 4.25. The monoisotopic (exact) mass is 384 g/mol. The smallest absolute Gasteiger partial charge is 0.315 e. The Bertz CT molecular complexity index is 899. The van der Waals surface area contributed by atoms with E-state index in [9.17, 15) is 9.59 Å². The number of methoxy groups -OCH3 is 2. The summed E-state index contributed by atoms with van der Waals surface area (Å²) in [5.41, 5.74) is 3.88. The Morgan fingerprint density at radius 2 is 2.07 bits per heavy atom. The maximum Gasteiger partial charge on any atom is 0.315 e. The molecule has 0 aliphatic carbocycles. The molecule has 1 aromatic carbocycles. The maximum atomic E-state index is 12.9. The number of piperidine rings is 1. The second-order valence-corrected chi connectivity index (χ2v) is 7.20. The average molecular weight is 384 g/mol. The summed E-state index contributed by atoms with van der Waals surface area (Å²) in [4.78, 5) is 30.0. The van der Waals surface area contributed by atoms with E-state index in [1.54, 1.807) is 14.0 Å². The number of benzene rings is 1. The minimum Gasteiger partial charge on any atom is -0.468 e. The lowest BCUT2D eigenvalue weighted by Gasteiger charge is -2.37. The third kappa shape index (κ3) is 3.69. The number of fused-ring (bicyclic) bond motifs is 1. The third-order valence-electron chi connectivity index (χ3n) is 5.68. The van der Waals surface area contributed by atoms with Crippen molar-refractivity contribution in [2.45, 2.75) is 32.8 Å². The van der Waals surface area contributed by atoms with E-state index in [2.05, 4.69) is 4.98 Å². The Morgan fingerprint density at radius 3 is 2.71 bits per heavy atom. The normalized spacial score (nSPS) is 19.8. The first-order chi connectivity index (χ1) is 13.5. The van der Waals surface area contributed by atoms with Gasteiger partial charge in [0.1, 0.15) is 5.92 Å². The van der Waals surface area contributed by atoms with E-state index in [4.69, 9.17) is 9.47 Å². The number of carbonyl (C=O) groups excluding carboxylic acids is 2. The minimum absolute atomic E-state index is 0.0308. The molecule has 28 heavy (non-hydrogen) atoms. The van der Waals surface area contributed by atoms with Gasteiger partial charge in [-0.15, -0.1) is 0 Å². The van der Waals surface area contributed by atoms with Crippen molar-refractivity contribution in [3.63, 3.8) is 0 Å². The second kappa shape index (κ2) is 8.61. The highest BCUT2D eigenvalue weighted by Crippen LogP contribution is 2.40. The number of likely N-dealkylation sites (tertiary alicyclic amines) is 1. The van der Waals surface area contributed by atoms with E-state index in [0.29, 0.717) is 26.1 Å². The first kappa shape index (κ1) is 20.1. The minimum atomic E-state index is -0.470. The van der Waals surface area contributed by atoms with Gasteiger partial charge in [0.2, 0.25) is 5.91 Å². The third-order valence-corrected chi connectivity index (χ3v) is 5.68. The molecule has 1 saturated heterocycles. The SMILES string of the molecule is C/C=C1\CN(C(C)=O)CCC1C(C(=O)OC)c1[nH]c2ccccc2c1COC. The first-order valence-electron chi connectivity index (χ1n) is 9.58. The number of rotatable bonds is 5. The molecule has 1 aliphatic heterocycles. The fraction of sp³-hybridized carbons (Fsp3) is 0.455. The molecule has 2 heterocycles. The van der Waals surface area contributed by atoms with Crippen LogP contribution in [-0.4, -0.2) is 49.1 Å². The van der Waals surface area contributed by atoms with Crippen molar-refractivity contribution in [3.05, 3.63) is 47.2 Å². The quantitative estimate of drug-likeness (QED) is 0.634. The van der Waals surface area contributed by atoms with Crippen LogP contribution < -0.4 is 0 Å². The molecule has 1 amide bonds. The van der Waals surface area contributed by atoms with Gasteiger partial charge in [0.25, 0.3) is 0 Å². The lowest BCUT2D eigenvalue weighted by Crippen LogP contribution is -2.41. The summed E-state index contributed by atoms with van der Waals surface area (Å²) in [6.07, 6.45) is 2.73. The van der Waals surface area contributed by atoms with Crippen molar-refractivity contribution in [3.8, 4) is 0 Å². The standard InChI is InChI=1S/C22H28N2O4/c1-5-15-12-24(14(2)25)11-10-16(15)20(22(26)28-4)21-18(13-27-3)17-8-6-7-9-19(17)23-21/h5-9,16,20,23H,10-13H2,1-4H3/b15-5+. The van der Waals surface area contributed by atoms with Gasteiger partial charge in [0.15, 0.2) is 0 Å². The Morgan fingerprint density at radius 1 is 1.32 bits per heavy atom. The summed E-state index contributed by atoms with van der Waals surface area (Å²) >= 11 is 0. The number of ether oxygens (including phenoxy) is 2. The number of hydrogen-bond donors (Lipinski definition) is 1. The lowest BCUT2D eigenvalue weighted by atomic mass is 9.77. The molecule has 0 bridgehead atoms. The zero-order chi connectivity index (χ0) is 20.3. The predicted molar refractivity (Wildman–Crippen MR) is 108 cm³/mol. The molecule has 0 saturated carbocycles. The summed E-state index contributed by atoms with van der Waals surface area (Å²) in [7, 11) is 3.08. The highest BCUT2D eigenvalue weighted by Gasteiger charge is 2.39. The summed E-state index contributed by atoms with van der Waals surface area (Å²) in [6, 6.07) is 7.98. The Labute approximate surface area is 165 Å². The second-order valence-electron chi connectivity index (χ2n) is 7.20. The molecule has 0 radical (unpaired) electrons. The number of nitrogens with one attached hydrogen (secondary N) is 1. The number of hydrogen-bond acceptors (Lipinski definition) is 4. The zero-order valence-electron chi connectivity index (χ0n) is 17.0. The van der Waals surface area contributed by atoms with Crippen LogP contribution >= 0.6 is 0 Å². The van der Waals surface area contributed by atoms with Gasteiger partial charge in [0, 0.05) is 55.2 Å². The van der Waals surface area contributed by atoms with Crippen molar-refractivity contribution in [2.24, 2.45) is 5.92 Å². The number of amides is 1. The predicted octanol–water partition coefficient (Wildman–Crippen LogP) is 3.39. The molecule has 150 valence electrons. The summed E-state index contributed by atoms with van der Waals surface area (Å²) in [5, 5.41) is 1.05. The van der Waals surface area contributed by atoms with Gasteiger partial charge in [-0.25, -0.2) is 0 Å². The average Bonchev–Trinajstić information content (AvgIpc) is 3.06. The van der Waals surface area contributed by atoms with Crippen molar-refractivity contribution in [2.75, 3.05) is 27.3 Å². The number of aromatic nitrogens is 1. The lowest BCUT2D eigenvalue weighted by molar-refractivity contribution is -0.144. The molecule has 3 rings (SSSR count). The Balaban J connectivity index is 2.09. The molecular formula is C22H28N2O4. The molecule has 1 aromatic heterocycles. The molecule has 6 nitrogen and oxygen atoms in total. The molecule has 1 aliphatic rings. The van der Waals surface area contributed by atoms with Crippen LogP contribution in [0.25, 0.3) is 10.9 Å². The fourth-order valence-corrected chi connectivity index (χ4v) is 4.25. The Kier molecular flexibility index (Phi) is 6.19. The van der Waals surface area contributed by atoms with E-state index in [1.165, 1.54) is 7.11 Å².